The Balaban J connectivity index is 1.66. The van der Waals surface area contributed by atoms with Crippen LogP contribution in [0.2, 0.25) is 0 Å². The van der Waals surface area contributed by atoms with E-state index in [0.717, 1.165) is 13.1 Å². The zero-order chi connectivity index (χ0) is 25.4. The van der Waals surface area contributed by atoms with Crippen LogP contribution in [0.1, 0.15) is 27.2 Å². The molecule has 35 heavy (non-hydrogen) atoms. The Morgan fingerprint density at radius 2 is 2.03 bits per heavy atom. The van der Waals surface area contributed by atoms with Gasteiger partial charge in [-0.2, -0.15) is 0 Å². The number of rotatable bonds is 10. The molecule has 4 heterocycles. The van der Waals surface area contributed by atoms with Crippen LogP contribution in [0.15, 0.2) is 12.7 Å². The largest absolute Gasteiger partial charge is 0.466 e. The van der Waals surface area contributed by atoms with Crippen LogP contribution in [0.3, 0.4) is 0 Å². The van der Waals surface area contributed by atoms with Crippen LogP contribution in [0.5, 0.6) is 0 Å². The fourth-order valence-electron chi connectivity index (χ4n) is 6.66. The third kappa shape index (κ3) is 4.18. The maximum absolute atomic E-state index is 14.1. The van der Waals surface area contributed by atoms with Crippen LogP contribution in [0.25, 0.3) is 0 Å². The standard InChI is InChI=1S/C25H39N3O7/c1-5-7-27(9-8-26-11-14-33-15-12-26)22(31)20-25-16-17(3)24(4,35-25)19(23(32)34-6-2)18(25)21(30)28(20)10-13-29/h5,17-20,29H,1,6-16H2,2-4H3/t17?,18-,19-,20?,24+,25?/m0/s1. The molecular weight excluding hydrogens is 454 g/mol. The molecule has 4 saturated heterocycles. The first-order chi connectivity index (χ1) is 16.7. The Bertz CT molecular complexity index is 847. The first-order valence-corrected chi connectivity index (χ1v) is 12.7. The normalized spacial score (nSPS) is 36.3. The zero-order valence-corrected chi connectivity index (χ0v) is 21.1. The van der Waals surface area contributed by atoms with Gasteiger partial charge in [-0.15, -0.1) is 6.58 Å². The Morgan fingerprint density at radius 1 is 1.31 bits per heavy atom. The van der Waals surface area contributed by atoms with Crippen LogP contribution in [-0.2, 0) is 28.6 Å². The van der Waals surface area contributed by atoms with E-state index in [-0.39, 0.29) is 37.5 Å². The predicted molar refractivity (Wildman–Crippen MR) is 126 cm³/mol. The summed E-state index contributed by atoms with van der Waals surface area (Å²) in [6.07, 6.45) is 2.16. The minimum Gasteiger partial charge on any atom is -0.466 e. The number of ether oxygens (including phenoxy) is 3. The lowest BCUT2D eigenvalue weighted by Gasteiger charge is -2.38. The van der Waals surface area contributed by atoms with Crippen molar-refractivity contribution < 1.29 is 33.7 Å². The van der Waals surface area contributed by atoms with Gasteiger partial charge in [0, 0.05) is 39.3 Å². The molecule has 2 amide bonds. The molecule has 2 bridgehead atoms. The molecule has 1 N–H and O–H groups in total. The monoisotopic (exact) mass is 493 g/mol. The number of esters is 1. The number of nitrogens with zero attached hydrogens (tertiary/aromatic N) is 3. The van der Waals surface area contributed by atoms with E-state index in [4.69, 9.17) is 14.2 Å². The number of morpholine rings is 1. The molecule has 0 radical (unpaired) electrons. The molecule has 1 spiro atoms. The number of aliphatic hydroxyl groups excluding tert-OH is 1. The topological polar surface area (TPSA) is 109 Å². The number of hydrogen-bond donors (Lipinski definition) is 1. The molecule has 4 aliphatic heterocycles. The predicted octanol–water partition coefficient (Wildman–Crippen LogP) is -0.101. The lowest BCUT2D eigenvalue weighted by atomic mass is 9.62. The van der Waals surface area contributed by atoms with Gasteiger partial charge in [-0.3, -0.25) is 19.3 Å². The van der Waals surface area contributed by atoms with Gasteiger partial charge in [-0.05, 0) is 26.2 Å². The quantitative estimate of drug-likeness (QED) is 0.332. The van der Waals surface area contributed by atoms with Crippen molar-refractivity contribution >= 4 is 17.8 Å². The highest BCUT2D eigenvalue weighted by Crippen LogP contribution is 2.65. The fourth-order valence-corrected chi connectivity index (χ4v) is 6.66. The van der Waals surface area contributed by atoms with Crippen LogP contribution in [0, 0.1) is 17.8 Å². The summed E-state index contributed by atoms with van der Waals surface area (Å²) in [7, 11) is 0. The van der Waals surface area contributed by atoms with Gasteiger partial charge in [0.25, 0.3) is 0 Å². The summed E-state index contributed by atoms with van der Waals surface area (Å²) in [5, 5.41) is 9.77. The molecule has 4 rings (SSSR count). The van der Waals surface area contributed by atoms with Crippen molar-refractivity contribution in [1.82, 2.24) is 14.7 Å². The first kappa shape index (κ1) is 26.1. The molecule has 0 aromatic heterocycles. The average Bonchev–Trinajstić information content (AvgIpc) is 3.34. The number of β-amino-alcohol motifs (C(OH)–C–C–N with tert-alkyl or cyclic N) is 1. The minimum absolute atomic E-state index is 0.00286. The SMILES string of the molecule is C=CCN(CCN1CCOCC1)C(=O)C1N(CCO)C(=O)[C@@H]2[C@@H](C(=O)OCC)[C@]3(C)OC12CC3C. The summed E-state index contributed by atoms with van der Waals surface area (Å²) in [6.45, 7) is 13.8. The number of carbonyl (C=O) groups excluding carboxylic acids is 3. The Labute approximate surface area is 207 Å². The molecule has 0 aliphatic carbocycles. The number of likely N-dealkylation sites (tertiary alicyclic amines) is 1. The number of aliphatic hydroxyl groups is 1. The van der Waals surface area contributed by atoms with Gasteiger partial charge in [0.15, 0.2) is 0 Å². The third-order valence-electron chi connectivity index (χ3n) is 8.38. The van der Waals surface area contributed by atoms with Crippen LogP contribution in [-0.4, -0.2) is 121 Å². The summed E-state index contributed by atoms with van der Waals surface area (Å²) in [5.41, 5.74) is -2.03. The first-order valence-electron chi connectivity index (χ1n) is 12.7. The van der Waals surface area contributed by atoms with Crippen molar-refractivity contribution in [3.05, 3.63) is 12.7 Å². The van der Waals surface area contributed by atoms with Crippen molar-refractivity contribution in [3.8, 4) is 0 Å². The third-order valence-corrected chi connectivity index (χ3v) is 8.38. The zero-order valence-electron chi connectivity index (χ0n) is 21.1. The lowest BCUT2D eigenvalue weighted by Crippen LogP contribution is -2.57. The van der Waals surface area contributed by atoms with E-state index in [2.05, 4.69) is 11.5 Å². The van der Waals surface area contributed by atoms with E-state index in [9.17, 15) is 19.5 Å². The molecule has 6 atom stereocenters. The maximum Gasteiger partial charge on any atom is 0.312 e. The van der Waals surface area contributed by atoms with Gasteiger partial charge in [0.05, 0.1) is 37.9 Å². The Hall–Kier alpha value is -2.01. The molecule has 0 aromatic carbocycles. The maximum atomic E-state index is 14.1. The van der Waals surface area contributed by atoms with E-state index < -0.39 is 35.0 Å². The lowest BCUT2D eigenvalue weighted by molar-refractivity contribution is -0.162. The Morgan fingerprint density at radius 3 is 2.66 bits per heavy atom. The summed E-state index contributed by atoms with van der Waals surface area (Å²) in [5.74, 6) is -2.67. The molecular formula is C25H39N3O7. The summed E-state index contributed by atoms with van der Waals surface area (Å²) in [6, 6.07) is -0.916. The van der Waals surface area contributed by atoms with E-state index in [1.165, 1.54) is 4.90 Å². The van der Waals surface area contributed by atoms with Gasteiger partial charge < -0.3 is 29.1 Å². The van der Waals surface area contributed by atoms with Crippen molar-refractivity contribution in [1.29, 1.82) is 0 Å². The van der Waals surface area contributed by atoms with Crippen molar-refractivity contribution in [3.63, 3.8) is 0 Å². The highest BCUT2D eigenvalue weighted by Gasteiger charge is 2.80. The summed E-state index contributed by atoms with van der Waals surface area (Å²) >= 11 is 0. The molecule has 10 heteroatoms. The van der Waals surface area contributed by atoms with E-state index >= 15 is 0 Å². The second kappa shape index (κ2) is 10.2. The van der Waals surface area contributed by atoms with Crippen molar-refractivity contribution in [2.75, 3.05) is 65.7 Å². The summed E-state index contributed by atoms with van der Waals surface area (Å²) in [4.78, 5) is 46.4. The fraction of sp³-hybridized carbons (Fsp3) is 0.800. The number of hydrogen-bond acceptors (Lipinski definition) is 8. The molecule has 0 aromatic rings. The average molecular weight is 494 g/mol. The molecule has 196 valence electrons. The highest BCUT2D eigenvalue weighted by molar-refractivity contribution is 5.98. The van der Waals surface area contributed by atoms with Crippen molar-refractivity contribution in [2.24, 2.45) is 17.8 Å². The second-order valence-electron chi connectivity index (χ2n) is 10.2. The molecule has 10 nitrogen and oxygen atoms in total. The van der Waals surface area contributed by atoms with E-state index in [0.29, 0.717) is 39.3 Å². The van der Waals surface area contributed by atoms with E-state index in [1.807, 2.05) is 13.8 Å². The van der Waals surface area contributed by atoms with Gasteiger partial charge in [0.2, 0.25) is 11.8 Å². The number of carbonyl (C=O) groups is 3. The molecule has 4 fully saturated rings. The van der Waals surface area contributed by atoms with Crippen LogP contribution >= 0.6 is 0 Å². The highest BCUT2D eigenvalue weighted by atomic mass is 16.6. The van der Waals surface area contributed by atoms with Crippen molar-refractivity contribution in [2.45, 2.75) is 44.4 Å². The minimum atomic E-state index is -1.13. The number of amides is 2. The molecule has 0 saturated carbocycles. The van der Waals surface area contributed by atoms with Gasteiger partial charge in [-0.1, -0.05) is 13.0 Å². The molecule has 3 unspecified atom stereocenters. The van der Waals surface area contributed by atoms with Crippen LogP contribution in [0.4, 0.5) is 0 Å². The summed E-state index contributed by atoms with van der Waals surface area (Å²) < 4.78 is 17.4. The van der Waals surface area contributed by atoms with Crippen LogP contribution < -0.4 is 0 Å². The smallest absolute Gasteiger partial charge is 0.312 e. The number of fused-ring (bicyclic) bond motifs is 1. The Kier molecular flexibility index (Phi) is 7.57. The van der Waals surface area contributed by atoms with E-state index in [1.54, 1.807) is 17.9 Å². The van der Waals surface area contributed by atoms with Gasteiger partial charge in [-0.25, -0.2) is 0 Å². The molecule has 4 aliphatic rings. The second-order valence-corrected chi connectivity index (χ2v) is 10.2. The van der Waals surface area contributed by atoms with Gasteiger partial charge in [0.1, 0.15) is 17.6 Å². The van der Waals surface area contributed by atoms with Gasteiger partial charge >= 0.3 is 5.97 Å².